The van der Waals surface area contributed by atoms with Crippen molar-refractivity contribution in [1.82, 2.24) is 5.32 Å². The lowest BCUT2D eigenvalue weighted by Crippen LogP contribution is -2.12. The molecule has 2 nitrogen and oxygen atoms in total. The summed E-state index contributed by atoms with van der Waals surface area (Å²) in [5.41, 5.74) is 1.23. The summed E-state index contributed by atoms with van der Waals surface area (Å²) in [6, 6.07) is 10.5. The highest BCUT2D eigenvalue weighted by Gasteiger charge is 2.04. The maximum absolute atomic E-state index is 5.86. The molecule has 0 amide bonds. The summed E-state index contributed by atoms with van der Waals surface area (Å²) in [5.74, 6) is 0.898. The molecule has 0 aliphatic rings. The Bertz CT molecular complexity index is 553. The molecule has 2 rings (SSSR count). The van der Waals surface area contributed by atoms with E-state index in [2.05, 4.69) is 59.4 Å². The lowest BCUT2D eigenvalue weighted by atomic mass is 10.2. The van der Waals surface area contributed by atoms with Gasteiger partial charge in [-0.25, -0.2) is 0 Å². The number of benzene rings is 1. The molecule has 2 aromatic rings. The van der Waals surface area contributed by atoms with E-state index in [1.165, 1.54) is 21.7 Å². The number of nitrogens with one attached hydrogen (secondary N) is 1. The van der Waals surface area contributed by atoms with Gasteiger partial charge in [0.15, 0.2) is 0 Å². The monoisotopic (exact) mass is 353 g/mol. The van der Waals surface area contributed by atoms with E-state index in [1.807, 2.05) is 17.4 Å². The van der Waals surface area contributed by atoms with Crippen molar-refractivity contribution in [3.05, 3.63) is 50.1 Å². The van der Waals surface area contributed by atoms with Gasteiger partial charge in [0, 0.05) is 16.3 Å². The average Bonchev–Trinajstić information content (AvgIpc) is 2.86. The molecule has 0 saturated heterocycles. The van der Waals surface area contributed by atoms with E-state index in [0.717, 1.165) is 23.3 Å². The van der Waals surface area contributed by atoms with E-state index >= 15 is 0 Å². The van der Waals surface area contributed by atoms with Crippen LogP contribution in [-0.4, -0.2) is 6.54 Å². The van der Waals surface area contributed by atoms with Gasteiger partial charge in [-0.15, -0.1) is 11.3 Å². The number of rotatable bonds is 7. The first-order valence-electron chi connectivity index (χ1n) is 6.86. The van der Waals surface area contributed by atoms with Gasteiger partial charge in [0.2, 0.25) is 0 Å². The second-order valence-electron chi connectivity index (χ2n) is 4.77. The fourth-order valence-corrected chi connectivity index (χ4v) is 3.36. The second-order valence-corrected chi connectivity index (χ2v) is 6.87. The molecule has 0 spiro atoms. The molecule has 0 aliphatic heterocycles. The largest absolute Gasteiger partial charge is 0.487 e. The maximum Gasteiger partial charge on any atom is 0.134 e. The van der Waals surface area contributed by atoms with Crippen molar-refractivity contribution in [1.29, 1.82) is 0 Å². The molecular weight excluding hydrogens is 334 g/mol. The molecule has 0 saturated carbocycles. The number of hydrogen-bond acceptors (Lipinski definition) is 3. The van der Waals surface area contributed by atoms with Crippen LogP contribution in [-0.2, 0) is 13.2 Å². The predicted octanol–water partition coefficient (Wildman–Crippen LogP) is 4.90. The highest BCUT2D eigenvalue weighted by atomic mass is 79.9. The first kappa shape index (κ1) is 15.5. The highest BCUT2D eigenvalue weighted by molar-refractivity contribution is 9.10. The molecule has 0 bridgehead atoms. The third-order valence-corrected chi connectivity index (χ3v) is 4.58. The number of hydrogen-bond donors (Lipinski definition) is 1. The Balaban J connectivity index is 1.87. The van der Waals surface area contributed by atoms with E-state index in [1.54, 1.807) is 0 Å². The van der Waals surface area contributed by atoms with Crippen LogP contribution in [0.2, 0.25) is 0 Å². The highest BCUT2D eigenvalue weighted by Crippen LogP contribution is 2.27. The third kappa shape index (κ3) is 4.62. The normalized spacial score (nSPS) is 10.8. The number of thiophene rings is 1. The molecule has 1 N–H and O–H groups in total. The molecule has 20 heavy (non-hydrogen) atoms. The van der Waals surface area contributed by atoms with Gasteiger partial charge in [0.25, 0.3) is 0 Å². The van der Waals surface area contributed by atoms with E-state index in [-0.39, 0.29) is 0 Å². The summed E-state index contributed by atoms with van der Waals surface area (Å²) in [4.78, 5) is 2.62. The van der Waals surface area contributed by atoms with Crippen molar-refractivity contribution in [2.75, 3.05) is 6.54 Å². The maximum atomic E-state index is 5.86. The van der Waals surface area contributed by atoms with E-state index < -0.39 is 0 Å². The Kier molecular flexibility index (Phi) is 6.07. The zero-order chi connectivity index (χ0) is 14.4. The average molecular weight is 354 g/mol. The summed E-state index contributed by atoms with van der Waals surface area (Å²) >= 11 is 5.35. The number of ether oxygens (including phenoxy) is 1. The summed E-state index contributed by atoms with van der Waals surface area (Å²) in [5, 5.41) is 3.42. The zero-order valence-electron chi connectivity index (χ0n) is 11.9. The van der Waals surface area contributed by atoms with Crippen LogP contribution >= 0.6 is 27.3 Å². The van der Waals surface area contributed by atoms with Gasteiger partial charge in [0.05, 0.1) is 4.47 Å². The number of halogens is 1. The minimum atomic E-state index is 0.625. The lowest BCUT2D eigenvalue weighted by Gasteiger charge is -2.07. The fraction of sp³-hybridized carbons (Fsp3) is 0.375. The molecule has 4 heteroatoms. The Morgan fingerprint density at radius 2 is 2.00 bits per heavy atom. The van der Waals surface area contributed by atoms with Crippen LogP contribution in [0.15, 0.2) is 34.8 Å². The molecule has 0 atom stereocenters. The third-order valence-electron chi connectivity index (χ3n) is 2.90. The summed E-state index contributed by atoms with van der Waals surface area (Å²) < 4.78 is 6.87. The van der Waals surface area contributed by atoms with E-state index in [0.29, 0.717) is 6.61 Å². The van der Waals surface area contributed by atoms with Crippen LogP contribution in [0.1, 0.15) is 28.7 Å². The van der Waals surface area contributed by atoms with Crippen molar-refractivity contribution in [3.8, 4) is 5.75 Å². The van der Waals surface area contributed by atoms with E-state index in [4.69, 9.17) is 4.74 Å². The molecule has 0 unspecified atom stereocenters. The lowest BCUT2D eigenvalue weighted by molar-refractivity contribution is 0.308. The van der Waals surface area contributed by atoms with Crippen LogP contribution < -0.4 is 10.1 Å². The predicted molar refractivity (Wildman–Crippen MR) is 89.5 cm³/mol. The Labute approximate surface area is 133 Å². The van der Waals surface area contributed by atoms with Gasteiger partial charge in [-0.2, -0.15) is 0 Å². The van der Waals surface area contributed by atoms with Gasteiger partial charge in [-0.1, -0.05) is 13.0 Å². The SMILES string of the molecule is CCCNCc1ccc(COc2ccc(C)cc2Br)s1. The minimum Gasteiger partial charge on any atom is -0.487 e. The van der Waals surface area contributed by atoms with Crippen LogP contribution in [0.5, 0.6) is 5.75 Å². The molecule has 1 aromatic heterocycles. The molecule has 1 aromatic carbocycles. The topological polar surface area (TPSA) is 21.3 Å². The van der Waals surface area contributed by atoms with Crippen LogP contribution in [0.4, 0.5) is 0 Å². The van der Waals surface area contributed by atoms with Gasteiger partial charge in [-0.3, -0.25) is 0 Å². The second kappa shape index (κ2) is 7.81. The van der Waals surface area contributed by atoms with Crippen LogP contribution in [0.25, 0.3) is 0 Å². The quantitative estimate of drug-likeness (QED) is 0.715. The van der Waals surface area contributed by atoms with Crippen LogP contribution in [0, 0.1) is 6.92 Å². The van der Waals surface area contributed by atoms with Crippen molar-refractivity contribution < 1.29 is 4.74 Å². The fourth-order valence-electron chi connectivity index (χ4n) is 1.86. The van der Waals surface area contributed by atoms with Gasteiger partial charge in [0.1, 0.15) is 12.4 Å². The van der Waals surface area contributed by atoms with Crippen molar-refractivity contribution in [2.24, 2.45) is 0 Å². The van der Waals surface area contributed by atoms with Crippen molar-refractivity contribution in [2.45, 2.75) is 33.4 Å². The van der Waals surface area contributed by atoms with Crippen molar-refractivity contribution in [3.63, 3.8) is 0 Å². The molecule has 108 valence electrons. The van der Waals surface area contributed by atoms with Gasteiger partial charge in [-0.05, 0) is 65.6 Å². The smallest absolute Gasteiger partial charge is 0.134 e. The summed E-state index contributed by atoms with van der Waals surface area (Å²) in [6.45, 7) is 6.90. The number of aryl methyl sites for hydroxylation is 1. The molecule has 1 heterocycles. The summed E-state index contributed by atoms with van der Waals surface area (Å²) in [6.07, 6.45) is 1.17. The minimum absolute atomic E-state index is 0.625. The van der Waals surface area contributed by atoms with Crippen molar-refractivity contribution >= 4 is 27.3 Å². The van der Waals surface area contributed by atoms with Gasteiger partial charge >= 0.3 is 0 Å². The summed E-state index contributed by atoms with van der Waals surface area (Å²) in [7, 11) is 0. The molecule has 0 radical (unpaired) electrons. The van der Waals surface area contributed by atoms with Gasteiger partial charge < -0.3 is 10.1 Å². The standard InChI is InChI=1S/C16H20BrNOS/c1-3-8-18-10-13-5-6-14(20-13)11-19-16-7-4-12(2)9-15(16)17/h4-7,9,18H,3,8,10-11H2,1-2H3. The first-order chi connectivity index (χ1) is 9.69. The molecular formula is C16H20BrNOS. The Morgan fingerprint density at radius 3 is 2.75 bits per heavy atom. The van der Waals surface area contributed by atoms with E-state index in [9.17, 15) is 0 Å². The molecule has 0 fully saturated rings. The Hall–Kier alpha value is -0.840. The zero-order valence-corrected chi connectivity index (χ0v) is 14.3. The first-order valence-corrected chi connectivity index (χ1v) is 8.47. The van der Waals surface area contributed by atoms with Crippen LogP contribution in [0.3, 0.4) is 0 Å². The Morgan fingerprint density at radius 1 is 1.20 bits per heavy atom. The molecule has 0 aliphatic carbocycles.